The molecule has 4 nitrogen and oxygen atoms in total. The number of fused-ring (bicyclic) bond motifs is 3. The third kappa shape index (κ3) is 8.45. The zero-order valence-electron chi connectivity index (χ0n) is 38.6. The first-order chi connectivity index (χ1) is 32.9. The summed E-state index contributed by atoms with van der Waals surface area (Å²) < 4.78 is 89.4. The highest BCUT2D eigenvalue weighted by molar-refractivity contribution is 6.11. The fourth-order valence-corrected chi connectivity index (χ4v) is 10.0. The van der Waals surface area contributed by atoms with Gasteiger partial charge in [0.25, 0.3) is 0 Å². The molecular weight excluding hydrogens is 879 g/mol. The summed E-state index contributed by atoms with van der Waals surface area (Å²) in [6, 6.07) is 46.5. The van der Waals surface area contributed by atoms with Crippen molar-refractivity contribution in [2.45, 2.75) is 53.9 Å². The molecule has 10 aromatic rings. The summed E-state index contributed by atoms with van der Waals surface area (Å²) in [4.78, 5) is 14.8. The zero-order valence-corrected chi connectivity index (χ0v) is 38.6. The predicted octanol–water partition coefficient (Wildman–Crippen LogP) is 16.9. The minimum atomic E-state index is -5.08. The van der Waals surface area contributed by atoms with Crippen LogP contribution in [0.1, 0.15) is 44.5 Å². The monoisotopic (exact) mass is 922 g/mol. The first-order valence-corrected chi connectivity index (χ1v) is 22.5. The van der Waals surface area contributed by atoms with Gasteiger partial charge in [-0.3, -0.25) is 0 Å². The molecule has 0 radical (unpaired) electrons. The molecule has 8 aromatic carbocycles. The van der Waals surface area contributed by atoms with E-state index in [1.807, 2.05) is 60.7 Å². The molecule has 2 aromatic heterocycles. The summed E-state index contributed by atoms with van der Waals surface area (Å²) >= 11 is 0. The number of aromatic nitrogens is 4. The smallest absolute Gasteiger partial charge is 0.309 e. The van der Waals surface area contributed by atoms with Crippen LogP contribution >= 0.6 is 0 Å². The molecule has 0 amide bonds. The summed E-state index contributed by atoms with van der Waals surface area (Å²) in [6.45, 7) is 12.5. The van der Waals surface area contributed by atoms with E-state index in [-0.39, 0.29) is 40.2 Å². The molecule has 10 rings (SSSR count). The van der Waals surface area contributed by atoms with Crippen LogP contribution in [-0.2, 0) is 12.4 Å². The quantitative estimate of drug-likeness (QED) is 0.150. The summed E-state index contributed by atoms with van der Waals surface area (Å²) in [5.41, 5.74) is 11.6. The van der Waals surface area contributed by atoms with E-state index in [4.69, 9.17) is 15.0 Å². The maximum atomic E-state index is 14.5. The summed E-state index contributed by atoms with van der Waals surface area (Å²) in [7, 11) is 0. The topological polar surface area (TPSA) is 43.6 Å². The Hall–Kier alpha value is -7.85. The molecule has 0 bridgehead atoms. The van der Waals surface area contributed by atoms with E-state index in [1.165, 1.54) is 0 Å². The molecule has 2 heterocycles. The highest BCUT2D eigenvalue weighted by atomic mass is 19.4. The maximum absolute atomic E-state index is 14.5. The summed E-state index contributed by atoms with van der Waals surface area (Å²) in [6.07, 6.45) is -10.2. The van der Waals surface area contributed by atoms with Crippen molar-refractivity contribution in [2.24, 2.45) is 0 Å². The fraction of sp³-hybridized carbons (Fsp3) is 0.136. The van der Waals surface area contributed by atoms with Crippen LogP contribution in [0.5, 0.6) is 0 Å². The van der Waals surface area contributed by atoms with Crippen LogP contribution in [-0.4, -0.2) is 19.5 Å². The lowest BCUT2D eigenvalue weighted by atomic mass is 9.92. The second-order valence-corrected chi connectivity index (χ2v) is 17.9. The molecule has 0 unspecified atom stereocenters. The van der Waals surface area contributed by atoms with Crippen molar-refractivity contribution < 1.29 is 26.3 Å². The van der Waals surface area contributed by atoms with Crippen LogP contribution in [0.15, 0.2) is 158 Å². The van der Waals surface area contributed by atoms with Gasteiger partial charge >= 0.3 is 12.4 Å². The van der Waals surface area contributed by atoms with Crippen molar-refractivity contribution in [1.82, 2.24) is 19.5 Å². The van der Waals surface area contributed by atoms with Gasteiger partial charge in [-0.2, -0.15) is 26.3 Å². The number of aryl methyl sites for hydroxylation is 6. The van der Waals surface area contributed by atoms with Gasteiger partial charge in [0, 0.05) is 33.2 Å². The van der Waals surface area contributed by atoms with Crippen molar-refractivity contribution in [3.63, 3.8) is 0 Å². The average Bonchev–Trinajstić information content (AvgIpc) is 3.63. The number of rotatable bonds is 7. The van der Waals surface area contributed by atoms with Gasteiger partial charge in [0.15, 0.2) is 17.5 Å². The molecule has 0 aliphatic rings. The van der Waals surface area contributed by atoms with Gasteiger partial charge in [-0.15, -0.1) is 0 Å². The Kier molecular flexibility index (Phi) is 11.1. The van der Waals surface area contributed by atoms with E-state index in [2.05, 4.69) is 107 Å². The van der Waals surface area contributed by atoms with E-state index in [9.17, 15) is 26.3 Å². The Labute approximate surface area is 395 Å². The first-order valence-electron chi connectivity index (χ1n) is 22.5. The number of halogens is 6. The van der Waals surface area contributed by atoms with Gasteiger partial charge < -0.3 is 4.57 Å². The van der Waals surface area contributed by atoms with Gasteiger partial charge in [0.1, 0.15) is 0 Å². The first kappa shape index (κ1) is 45.0. The average molecular weight is 923 g/mol. The van der Waals surface area contributed by atoms with Crippen LogP contribution < -0.4 is 0 Å². The zero-order chi connectivity index (χ0) is 48.5. The predicted molar refractivity (Wildman–Crippen MR) is 265 cm³/mol. The van der Waals surface area contributed by atoms with Crippen LogP contribution in [0.25, 0.3) is 95.0 Å². The highest BCUT2D eigenvalue weighted by Gasteiger charge is 2.37. The van der Waals surface area contributed by atoms with Crippen LogP contribution in [0.3, 0.4) is 0 Å². The molecule has 0 saturated heterocycles. The Morgan fingerprint density at radius 3 is 1.20 bits per heavy atom. The van der Waals surface area contributed by atoms with Crippen molar-refractivity contribution in [3.8, 4) is 73.2 Å². The minimum absolute atomic E-state index is 0.0597. The standard InChI is InChI=1S/C59H44F6N4/c1-33-23-35(3)53(36(4)24-33)41-17-20-48-49-21-18-42(54-37(5)25-34(2)26-38(54)6)30-52(49)69(51(48)29-41)46-19-22-47(43-27-44(58(60,61)62)31-45(28-43)59(63,64)65)50(32-46)57-67-55(39-13-9-7-10-14-39)66-56(68-57)40-15-11-8-12-16-40/h7-32H,1-6H3. The molecule has 0 spiro atoms. The molecule has 0 aliphatic heterocycles. The van der Waals surface area contributed by atoms with Crippen molar-refractivity contribution in [3.05, 3.63) is 202 Å². The van der Waals surface area contributed by atoms with Crippen molar-refractivity contribution in [1.29, 1.82) is 0 Å². The number of alkyl halides is 6. The number of hydrogen-bond acceptors (Lipinski definition) is 3. The van der Waals surface area contributed by atoms with E-state index in [0.717, 1.165) is 89.6 Å². The van der Waals surface area contributed by atoms with Crippen LogP contribution in [0, 0.1) is 41.5 Å². The van der Waals surface area contributed by atoms with Gasteiger partial charge in [-0.25, -0.2) is 15.0 Å². The molecule has 0 atom stereocenters. The van der Waals surface area contributed by atoms with E-state index >= 15 is 0 Å². The Morgan fingerprint density at radius 2 is 0.783 bits per heavy atom. The molecule has 0 saturated carbocycles. The van der Waals surface area contributed by atoms with Crippen LogP contribution in [0.2, 0.25) is 0 Å². The number of hydrogen-bond donors (Lipinski definition) is 0. The number of benzene rings is 8. The van der Waals surface area contributed by atoms with Gasteiger partial charge in [0.2, 0.25) is 0 Å². The lowest BCUT2D eigenvalue weighted by Gasteiger charge is -2.18. The molecule has 342 valence electrons. The van der Waals surface area contributed by atoms with E-state index < -0.39 is 23.5 Å². The Balaban J connectivity index is 1.32. The van der Waals surface area contributed by atoms with Crippen molar-refractivity contribution in [2.75, 3.05) is 0 Å². The molecule has 0 N–H and O–H groups in total. The van der Waals surface area contributed by atoms with Gasteiger partial charge in [-0.05, 0) is 140 Å². The lowest BCUT2D eigenvalue weighted by molar-refractivity contribution is -0.143. The highest BCUT2D eigenvalue weighted by Crippen LogP contribution is 2.44. The molecular formula is C59H44F6N4. The summed E-state index contributed by atoms with van der Waals surface area (Å²) in [5.74, 6) is 0.605. The molecule has 0 fully saturated rings. The number of nitrogens with zero attached hydrogens (tertiary/aromatic N) is 4. The van der Waals surface area contributed by atoms with Crippen molar-refractivity contribution >= 4 is 21.8 Å². The SMILES string of the molecule is Cc1cc(C)c(-c2ccc3c4ccc(-c5c(C)cc(C)cc5C)cc4n(-c4ccc(-c5cc(C(F)(F)F)cc(C(F)(F)F)c5)c(-c5nc(-c6ccccc6)nc(-c6ccccc6)n5)c4)c3c2)c(C)c1. The molecule has 69 heavy (non-hydrogen) atoms. The van der Waals surface area contributed by atoms with Crippen LogP contribution in [0.4, 0.5) is 26.3 Å². The largest absolute Gasteiger partial charge is 0.416 e. The third-order valence-electron chi connectivity index (χ3n) is 12.8. The van der Waals surface area contributed by atoms with E-state index in [0.29, 0.717) is 16.8 Å². The summed E-state index contributed by atoms with van der Waals surface area (Å²) in [5, 5.41) is 1.91. The minimum Gasteiger partial charge on any atom is -0.309 e. The molecule has 0 aliphatic carbocycles. The fourth-order valence-electron chi connectivity index (χ4n) is 10.0. The third-order valence-corrected chi connectivity index (χ3v) is 12.8. The van der Waals surface area contributed by atoms with E-state index in [1.54, 1.807) is 18.2 Å². The molecule has 10 heteroatoms. The second-order valence-electron chi connectivity index (χ2n) is 17.9. The second kappa shape index (κ2) is 17.0. The lowest BCUT2D eigenvalue weighted by Crippen LogP contribution is -2.11. The Morgan fingerprint density at radius 1 is 0.362 bits per heavy atom. The normalized spacial score (nSPS) is 12.1. The Bertz CT molecular complexity index is 3390. The van der Waals surface area contributed by atoms with Gasteiger partial charge in [0.05, 0.1) is 22.2 Å². The van der Waals surface area contributed by atoms with Gasteiger partial charge in [-0.1, -0.05) is 126 Å². The maximum Gasteiger partial charge on any atom is 0.416 e.